The third kappa shape index (κ3) is 10.4. The average Bonchev–Trinajstić information content (AvgIpc) is 2.25. The lowest BCUT2D eigenvalue weighted by molar-refractivity contribution is 0.155. The largest absolute Gasteiger partial charge is 0.396 e. The maximum absolute atomic E-state index is 9.33. The molecule has 2 atom stereocenters. The minimum atomic E-state index is -0.144. The zero-order valence-electron chi connectivity index (χ0n) is 11.1. The van der Waals surface area contributed by atoms with Crippen LogP contribution in [0.1, 0.15) is 71.6 Å². The van der Waals surface area contributed by atoms with Crippen molar-refractivity contribution in [2.24, 2.45) is 5.92 Å². The Balaban J connectivity index is 3.27. The number of hydrogen-bond acceptors (Lipinski definition) is 2. The summed E-state index contributed by atoms with van der Waals surface area (Å²) in [6.07, 6.45) is 10.6. The van der Waals surface area contributed by atoms with E-state index in [4.69, 9.17) is 5.11 Å². The summed E-state index contributed by atoms with van der Waals surface area (Å²) in [6.45, 7) is 4.44. The molecule has 0 aliphatic heterocycles. The Morgan fingerprint density at radius 2 is 1.50 bits per heavy atom. The van der Waals surface area contributed by atoms with Crippen molar-refractivity contribution in [3.63, 3.8) is 0 Å². The molecule has 16 heavy (non-hydrogen) atoms. The van der Waals surface area contributed by atoms with Gasteiger partial charge in [-0.15, -0.1) is 0 Å². The second-order valence-electron chi connectivity index (χ2n) is 4.99. The molecule has 98 valence electrons. The predicted octanol–water partition coefficient (Wildman–Crippen LogP) is 3.51. The van der Waals surface area contributed by atoms with E-state index in [2.05, 4.69) is 6.92 Å². The van der Waals surface area contributed by atoms with Crippen LogP contribution >= 0.6 is 0 Å². The maximum Gasteiger partial charge on any atom is 0.0514 e. The summed E-state index contributed by atoms with van der Waals surface area (Å²) in [7, 11) is 0. The van der Waals surface area contributed by atoms with Crippen LogP contribution in [0.4, 0.5) is 0 Å². The SMILES string of the molecule is CCC(CCCCCCCCO)CC(C)O. The number of hydrogen-bond donors (Lipinski definition) is 2. The lowest BCUT2D eigenvalue weighted by Crippen LogP contribution is -2.09. The van der Waals surface area contributed by atoms with Crippen molar-refractivity contribution < 1.29 is 10.2 Å². The molecular weight excluding hydrogens is 200 g/mol. The van der Waals surface area contributed by atoms with E-state index in [0.717, 1.165) is 12.8 Å². The Morgan fingerprint density at radius 1 is 0.938 bits per heavy atom. The third-order valence-corrected chi connectivity index (χ3v) is 3.27. The third-order valence-electron chi connectivity index (χ3n) is 3.27. The highest BCUT2D eigenvalue weighted by molar-refractivity contribution is 4.61. The highest BCUT2D eigenvalue weighted by Gasteiger charge is 2.08. The minimum absolute atomic E-state index is 0.144. The van der Waals surface area contributed by atoms with Crippen LogP contribution in [0.15, 0.2) is 0 Å². The fourth-order valence-corrected chi connectivity index (χ4v) is 2.22. The van der Waals surface area contributed by atoms with Gasteiger partial charge in [-0.2, -0.15) is 0 Å². The molecule has 2 N–H and O–H groups in total. The van der Waals surface area contributed by atoms with Crippen LogP contribution < -0.4 is 0 Å². The molecule has 2 heteroatoms. The van der Waals surface area contributed by atoms with Crippen molar-refractivity contribution in [1.29, 1.82) is 0 Å². The Labute approximate surface area is 101 Å². The van der Waals surface area contributed by atoms with Crippen molar-refractivity contribution in [3.8, 4) is 0 Å². The van der Waals surface area contributed by atoms with Gasteiger partial charge in [-0.3, -0.25) is 0 Å². The van der Waals surface area contributed by atoms with Gasteiger partial charge in [0.1, 0.15) is 0 Å². The van der Waals surface area contributed by atoms with E-state index in [1.54, 1.807) is 0 Å². The molecule has 0 radical (unpaired) electrons. The molecule has 2 unspecified atom stereocenters. The molecule has 0 saturated heterocycles. The van der Waals surface area contributed by atoms with Gasteiger partial charge in [-0.05, 0) is 25.7 Å². The lowest BCUT2D eigenvalue weighted by atomic mass is 9.93. The Morgan fingerprint density at radius 3 is 2.00 bits per heavy atom. The normalized spacial score (nSPS) is 15.0. The standard InChI is InChI=1S/C14H30O2/c1-3-14(12-13(2)16)10-8-6-4-5-7-9-11-15/h13-16H,3-12H2,1-2H3. The molecule has 0 aromatic rings. The number of rotatable bonds is 11. The molecule has 0 aliphatic rings. The summed E-state index contributed by atoms with van der Waals surface area (Å²) >= 11 is 0. The molecule has 0 saturated carbocycles. The van der Waals surface area contributed by atoms with Crippen molar-refractivity contribution in [3.05, 3.63) is 0 Å². The molecule has 0 heterocycles. The molecule has 0 bridgehead atoms. The quantitative estimate of drug-likeness (QED) is 0.533. The summed E-state index contributed by atoms with van der Waals surface area (Å²) in [5.41, 5.74) is 0. The van der Waals surface area contributed by atoms with E-state index in [1.807, 2.05) is 6.92 Å². The summed E-state index contributed by atoms with van der Waals surface area (Å²) < 4.78 is 0. The van der Waals surface area contributed by atoms with Crippen LogP contribution in [-0.2, 0) is 0 Å². The molecule has 0 amide bonds. The number of unbranched alkanes of at least 4 members (excludes halogenated alkanes) is 5. The molecule has 2 nitrogen and oxygen atoms in total. The van der Waals surface area contributed by atoms with Crippen LogP contribution in [0, 0.1) is 5.92 Å². The van der Waals surface area contributed by atoms with E-state index in [0.29, 0.717) is 12.5 Å². The van der Waals surface area contributed by atoms with Gasteiger partial charge < -0.3 is 10.2 Å². The van der Waals surface area contributed by atoms with Gasteiger partial charge >= 0.3 is 0 Å². The lowest BCUT2D eigenvalue weighted by Gasteiger charge is -2.16. The fourth-order valence-electron chi connectivity index (χ4n) is 2.22. The molecule has 0 aliphatic carbocycles. The van der Waals surface area contributed by atoms with Crippen molar-refractivity contribution >= 4 is 0 Å². The smallest absolute Gasteiger partial charge is 0.0514 e. The maximum atomic E-state index is 9.33. The summed E-state index contributed by atoms with van der Waals surface area (Å²) in [5, 5.41) is 18.0. The monoisotopic (exact) mass is 230 g/mol. The zero-order valence-corrected chi connectivity index (χ0v) is 11.1. The molecule has 0 spiro atoms. The minimum Gasteiger partial charge on any atom is -0.396 e. The van der Waals surface area contributed by atoms with Crippen LogP contribution in [-0.4, -0.2) is 22.9 Å². The van der Waals surface area contributed by atoms with E-state index >= 15 is 0 Å². The highest BCUT2D eigenvalue weighted by Crippen LogP contribution is 2.19. The van der Waals surface area contributed by atoms with E-state index in [-0.39, 0.29) is 6.10 Å². The molecule has 0 aromatic heterocycles. The van der Waals surface area contributed by atoms with E-state index < -0.39 is 0 Å². The fraction of sp³-hybridized carbons (Fsp3) is 1.00. The summed E-state index contributed by atoms with van der Waals surface area (Å²) in [4.78, 5) is 0. The number of aliphatic hydroxyl groups is 2. The molecule has 0 aromatic carbocycles. The van der Waals surface area contributed by atoms with Gasteiger partial charge in [-0.1, -0.05) is 51.9 Å². The van der Waals surface area contributed by atoms with Crippen molar-refractivity contribution in [2.45, 2.75) is 77.7 Å². The van der Waals surface area contributed by atoms with Crippen molar-refractivity contribution in [1.82, 2.24) is 0 Å². The first-order valence-corrected chi connectivity index (χ1v) is 6.99. The molecule has 0 rings (SSSR count). The molecular formula is C14H30O2. The zero-order chi connectivity index (χ0) is 12.2. The Bertz CT molecular complexity index is 135. The van der Waals surface area contributed by atoms with E-state index in [9.17, 15) is 5.11 Å². The first kappa shape index (κ1) is 15.9. The van der Waals surface area contributed by atoms with Gasteiger partial charge in [-0.25, -0.2) is 0 Å². The van der Waals surface area contributed by atoms with Gasteiger partial charge in [0, 0.05) is 6.61 Å². The Hall–Kier alpha value is -0.0800. The predicted molar refractivity (Wildman–Crippen MR) is 69.5 cm³/mol. The van der Waals surface area contributed by atoms with Crippen LogP contribution in [0.25, 0.3) is 0 Å². The van der Waals surface area contributed by atoms with Crippen LogP contribution in [0.5, 0.6) is 0 Å². The first-order valence-electron chi connectivity index (χ1n) is 6.99. The second-order valence-corrected chi connectivity index (χ2v) is 4.99. The van der Waals surface area contributed by atoms with Gasteiger partial charge in [0.15, 0.2) is 0 Å². The number of aliphatic hydroxyl groups excluding tert-OH is 2. The van der Waals surface area contributed by atoms with Crippen LogP contribution in [0.2, 0.25) is 0 Å². The Kier molecular flexibility index (Phi) is 11.3. The molecule has 0 fully saturated rings. The van der Waals surface area contributed by atoms with E-state index in [1.165, 1.54) is 44.9 Å². The van der Waals surface area contributed by atoms with Crippen molar-refractivity contribution in [2.75, 3.05) is 6.61 Å². The van der Waals surface area contributed by atoms with Gasteiger partial charge in [0.05, 0.1) is 6.10 Å². The average molecular weight is 230 g/mol. The summed E-state index contributed by atoms with van der Waals surface area (Å²) in [6, 6.07) is 0. The topological polar surface area (TPSA) is 40.5 Å². The van der Waals surface area contributed by atoms with Crippen LogP contribution in [0.3, 0.4) is 0 Å². The second kappa shape index (κ2) is 11.4. The summed E-state index contributed by atoms with van der Waals surface area (Å²) in [5.74, 6) is 0.706. The van der Waals surface area contributed by atoms with Gasteiger partial charge in [0.2, 0.25) is 0 Å². The highest BCUT2D eigenvalue weighted by atomic mass is 16.3. The first-order chi connectivity index (χ1) is 7.70. The van der Waals surface area contributed by atoms with Gasteiger partial charge in [0.25, 0.3) is 0 Å².